The molecular weight excluding hydrogens is 260 g/mol. The predicted octanol–water partition coefficient (Wildman–Crippen LogP) is -1.25. The molecule has 3 heterocycles. The molecule has 7 heteroatoms. The van der Waals surface area contributed by atoms with Crippen LogP contribution in [0.5, 0.6) is 0 Å². The van der Waals surface area contributed by atoms with Gasteiger partial charge in [-0.1, -0.05) is 0 Å². The Kier molecular flexibility index (Phi) is 3.79. The molecule has 108 valence electrons. The molecule has 1 saturated heterocycles. The van der Waals surface area contributed by atoms with Crippen molar-refractivity contribution >= 4 is 5.91 Å². The minimum absolute atomic E-state index is 0.0499. The van der Waals surface area contributed by atoms with Crippen LogP contribution in [0.15, 0.2) is 11.1 Å². The molecule has 1 aromatic heterocycles. The molecule has 1 aromatic rings. The third kappa shape index (κ3) is 2.59. The van der Waals surface area contributed by atoms with E-state index >= 15 is 0 Å². The number of nitrogens with zero attached hydrogens (tertiary/aromatic N) is 3. The number of amides is 1. The molecule has 1 N–H and O–H groups in total. The maximum atomic E-state index is 12.3. The summed E-state index contributed by atoms with van der Waals surface area (Å²) in [7, 11) is 0. The summed E-state index contributed by atoms with van der Waals surface area (Å²) in [4.78, 5) is 30.5. The van der Waals surface area contributed by atoms with E-state index in [0.717, 1.165) is 17.8 Å². The summed E-state index contributed by atoms with van der Waals surface area (Å²) in [6, 6.07) is 0. The van der Waals surface area contributed by atoms with E-state index in [1.54, 1.807) is 4.90 Å². The minimum atomic E-state index is -0.0851. The highest BCUT2D eigenvalue weighted by molar-refractivity contribution is 5.76. The zero-order valence-corrected chi connectivity index (χ0v) is 11.3. The number of hydrogen-bond donors (Lipinski definition) is 1. The van der Waals surface area contributed by atoms with E-state index in [1.165, 1.54) is 10.9 Å². The Balaban J connectivity index is 1.77. The van der Waals surface area contributed by atoms with Gasteiger partial charge in [0.25, 0.3) is 5.56 Å². The van der Waals surface area contributed by atoms with Gasteiger partial charge in [-0.2, -0.15) is 0 Å². The fourth-order valence-electron chi connectivity index (χ4n) is 2.56. The number of morpholine rings is 1. The van der Waals surface area contributed by atoms with Gasteiger partial charge in [-0.15, -0.1) is 0 Å². The molecule has 1 fully saturated rings. The van der Waals surface area contributed by atoms with Gasteiger partial charge in [-0.3, -0.25) is 14.2 Å². The van der Waals surface area contributed by atoms with Gasteiger partial charge in [-0.25, -0.2) is 4.98 Å². The van der Waals surface area contributed by atoms with Gasteiger partial charge in [0, 0.05) is 25.2 Å². The Bertz CT molecular complexity index is 563. The number of nitrogens with one attached hydrogen (secondary N) is 1. The zero-order valence-electron chi connectivity index (χ0n) is 11.3. The quantitative estimate of drug-likeness (QED) is 0.731. The standard InChI is InChI=1S/C13H18N4O3/c18-12(16-3-5-20-6-4-16)8-17-9-15-11-7-14-2-1-10(11)13(17)19/h9,14H,1-8H2. The summed E-state index contributed by atoms with van der Waals surface area (Å²) in [5.74, 6) is -0.0499. The van der Waals surface area contributed by atoms with E-state index in [1.807, 2.05) is 0 Å². The average molecular weight is 278 g/mol. The molecule has 20 heavy (non-hydrogen) atoms. The van der Waals surface area contributed by atoms with Gasteiger partial charge in [-0.05, 0) is 13.0 Å². The number of hydrogen-bond acceptors (Lipinski definition) is 5. The molecule has 1 amide bonds. The van der Waals surface area contributed by atoms with Crippen LogP contribution in [0.4, 0.5) is 0 Å². The van der Waals surface area contributed by atoms with E-state index in [0.29, 0.717) is 39.3 Å². The first kappa shape index (κ1) is 13.3. The van der Waals surface area contributed by atoms with Crippen LogP contribution in [0.3, 0.4) is 0 Å². The Morgan fingerprint density at radius 3 is 3.00 bits per heavy atom. The summed E-state index contributed by atoms with van der Waals surface area (Å²) in [6.45, 7) is 3.79. The molecule has 0 bridgehead atoms. The number of carbonyl (C=O) groups is 1. The van der Waals surface area contributed by atoms with E-state index < -0.39 is 0 Å². The largest absolute Gasteiger partial charge is 0.378 e. The van der Waals surface area contributed by atoms with Gasteiger partial charge in [0.2, 0.25) is 5.91 Å². The van der Waals surface area contributed by atoms with Crippen LogP contribution in [0.25, 0.3) is 0 Å². The Morgan fingerprint density at radius 1 is 1.40 bits per heavy atom. The average Bonchev–Trinajstić information content (AvgIpc) is 2.51. The van der Waals surface area contributed by atoms with Crippen molar-refractivity contribution in [3.63, 3.8) is 0 Å². The summed E-state index contributed by atoms with van der Waals surface area (Å²) in [5, 5.41) is 3.18. The molecule has 2 aliphatic heterocycles. The third-order valence-electron chi connectivity index (χ3n) is 3.73. The second-order valence-electron chi connectivity index (χ2n) is 5.02. The van der Waals surface area contributed by atoms with E-state index in [2.05, 4.69) is 10.3 Å². The normalized spacial score (nSPS) is 18.7. The monoisotopic (exact) mass is 278 g/mol. The lowest BCUT2D eigenvalue weighted by Crippen LogP contribution is -2.44. The Hall–Kier alpha value is -1.73. The van der Waals surface area contributed by atoms with Gasteiger partial charge < -0.3 is 15.0 Å². The first-order valence-electron chi connectivity index (χ1n) is 6.89. The number of aromatic nitrogens is 2. The van der Waals surface area contributed by atoms with Crippen molar-refractivity contribution < 1.29 is 9.53 Å². The summed E-state index contributed by atoms with van der Waals surface area (Å²) in [6.07, 6.45) is 2.15. The van der Waals surface area contributed by atoms with Crippen LogP contribution in [-0.4, -0.2) is 53.2 Å². The number of fused-ring (bicyclic) bond motifs is 1. The highest BCUT2D eigenvalue weighted by Crippen LogP contribution is 2.06. The molecule has 0 aliphatic carbocycles. The molecule has 0 saturated carbocycles. The molecule has 2 aliphatic rings. The smallest absolute Gasteiger partial charge is 0.257 e. The van der Waals surface area contributed by atoms with Crippen molar-refractivity contribution in [2.75, 3.05) is 32.8 Å². The van der Waals surface area contributed by atoms with Gasteiger partial charge in [0.15, 0.2) is 0 Å². The van der Waals surface area contributed by atoms with Crippen molar-refractivity contribution in [3.05, 3.63) is 27.9 Å². The van der Waals surface area contributed by atoms with E-state index in [9.17, 15) is 9.59 Å². The minimum Gasteiger partial charge on any atom is -0.378 e. The van der Waals surface area contributed by atoms with Crippen LogP contribution in [0.1, 0.15) is 11.3 Å². The molecule has 3 rings (SSSR count). The van der Waals surface area contributed by atoms with Crippen LogP contribution in [0.2, 0.25) is 0 Å². The molecule has 0 spiro atoms. The summed E-state index contributed by atoms with van der Waals surface area (Å²) < 4.78 is 6.64. The zero-order chi connectivity index (χ0) is 13.9. The highest BCUT2D eigenvalue weighted by atomic mass is 16.5. The molecule has 7 nitrogen and oxygen atoms in total. The fraction of sp³-hybridized carbons (Fsp3) is 0.615. The lowest BCUT2D eigenvalue weighted by atomic mass is 10.1. The number of carbonyl (C=O) groups excluding carboxylic acids is 1. The van der Waals surface area contributed by atoms with Gasteiger partial charge in [0.1, 0.15) is 6.54 Å². The molecular formula is C13H18N4O3. The molecule has 0 radical (unpaired) electrons. The summed E-state index contributed by atoms with van der Waals surface area (Å²) >= 11 is 0. The van der Waals surface area contributed by atoms with Crippen molar-refractivity contribution in [1.82, 2.24) is 19.8 Å². The lowest BCUT2D eigenvalue weighted by Gasteiger charge is -2.27. The van der Waals surface area contributed by atoms with Crippen LogP contribution >= 0.6 is 0 Å². The second kappa shape index (κ2) is 5.72. The van der Waals surface area contributed by atoms with E-state index in [-0.39, 0.29) is 18.0 Å². The first-order chi connectivity index (χ1) is 9.75. The Labute approximate surface area is 116 Å². The molecule has 0 aromatic carbocycles. The maximum Gasteiger partial charge on any atom is 0.257 e. The van der Waals surface area contributed by atoms with Crippen LogP contribution in [-0.2, 0) is 29.0 Å². The van der Waals surface area contributed by atoms with Gasteiger partial charge >= 0.3 is 0 Å². The number of rotatable bonds is 2. The lowest BCUT2D eigenvalue weighted by molar-refractivity contribution is -0.135. The Morgan fingerprint density at radius 2 is 2.20 bits per heavy atom. The van der Waals surface area contributed by atoms with Crippen molar-refractivity contribution in [2.45, 2.75) is 19.5 Å². The van der Waals surface area contributed by atoms with Gasteiger partial charge in [0.05, 0.1) is 25.2 Å². The molecule has 0 unspecified atom stereocenters. The third-order valence-corrected chi connectivity index (χ3v) is 3.73. The van der Waals surface area contributed by atoms with Crippen LogP contribution in [0, 0.1) is 0 Å². The first-order valence-corrected chi connectivity index (χ1v) is 6.89. The highest BCUT2D eigenvalue weighted by Gasteiger charge is 2.20. The maximum absolute atomic E-state index is 12.3. The van der Waals surface area contributed by atoms with E-state index in [4.69, 9.17) is 4.74 Å². The predicted molar refractivity (Wildman–Crippen MR) is 71.3 cm³/mol. The topological polar surface area (TPSA) is 76.5 Å². The second-order valence-corrected chi connectivity index (χ2v) is 5.02. The van der Waals surface area contributed by atoms with Crippen molar-refractivity contribution in [3.8, 4) is 0 Å². The van der Waals surface area contributed by atoms with Crippen molar-refractivity contribution in [1.29, 1.82) is 0 Å². The van der Waals surface area contributed by atoms with Crippen molar-refractivity contribution in [2.24, 2.45) is 0 Å². The number of ether oxygens (including phenoxy) is 1. The molecule has 0 atom stereocenters. The SMILES string of the molecule is O=C(Cn1cnc2c(c1=O)CCNC2)N1CCOCC1. The fourth-order valence-corrected chi connectivity index (χ4v) is 2.56. The summed E-state index contributed by atoms with van der Waals surface area (Å²) in [5.41, 5.74) is 1.45. The van der Waals surface area contributed by atoms with Crippen LogP contribution < -0.4 is 10.9 Å².